The molecule has 0 amide bonds. The zero-order valence-corrected chi connectivity index (χ0v) is 9.33. The monoisotopic (exact) mass is 219 g/mol. The lowest BCUT2D eigenvalue weighted by Gasteiger charge is -2.05. The molecule has 0 fully saturated rings. The molecule has 0 aromatic rings. The molecule has 0 aliphatic heterocycles. The molecule has 5 heteroatoms. The number of aliphatic carboxylic acids is 1. The van der Waals surface area contributed by atoms with Gasteiger partial charge in [0.2, 0.25) is 0 Å². The fraction of sp³-hybridized carbons (Fsp3) is 0.900. The van der Waals surface area contributed by atoms with Crippen molar-refractivity contribution in [2.24, 2.45) is 0 Å². The second-order valence-electron chi connectivity index (χ2n) is 3.21. The fourth-order valence-corrected chi connectivity index (χ4v) is 1.04. The minimum atomic E-state index is -0.724. The smallest absolute Gasteiger partial charge is 0.303 e. The van der Waals surface area contributed by atoms with E-state index < -0.39 is 5.97 Å². The summed E-state index contributed by atoms with van der Waals surface area (Å²) in [7, 11) is 1.64. The van der Waals surface area contributed by atoms with Gasteiger partial charge in [-0.1, -0.05) is 0 Å². The highest BCUT2D eigenvalue weighted by Crippen LogP contribution is 1.92. The van der Waals surface area contributed by atoms with E-state index in [0.29, 0.717) is 19.8 Å². The van der Waals surface area contributed by atoms with Gasteiger partial charge in [0.05, 0.1) is 19.8 Å². The molecule has 0 unspecified atom stereocenters. The summed E-state index contributed by atoms with van der Waals surface area (Å²) in [5.74, 6) is -0.724. The molecule has 0 heterocycles. The van der Waals surface area contributed by atoms with E-state index in [1.807, 2.05) is 0 Å². The number of carboxylic acid groups (broad SMARTS) is 1. The second-order valence-corrected chi connectivity index (χ2v) is 3.21. The highest BCUT2D eigenvalue weighted by Gasteiger charge is 1.95. The molecule has 0 aromatic heterocycles. The van der Waals surface area contributed by atoms with Crippen LogP contribution in [0.1, 0.15) is 19.3 Å². The largest absolute Gasteiger partial charge is 0.481 e. The van der Waals surface area contributed by atoms with Crippen LogP contribution in [-0.4, -0.2) is 51.1 Å². The van der Waals surface area contributed by atoms with Crippen LogP contribution in [0.4, 0.5) is 0 Å². The molecule has 0 saturated heterocycles. The van der Waals surface area contributed by atoms with Gasteiger partial charge in [-0.05, 0) is 19.4 Å². The topological polar surface area (TPSA) is 67.8 Å². The molecule has 0 aliphatic rings. The van der Waals surface area contributed by atoms with Crippen molar-refractivity contribution in [2.45, 2.75) is 19.3 Å². The first-order valence-electron chi connectivity index (χ1n) is 5.26. The average Bonchev–Trinajstić information content (AvgIpc) is 2.20. The Labute approximate surface area is 90.8 Å². The van der Waals surface area contributed by atoms with Gasteiger partial charge in [0.1, 0.15) is 0 Å². The van der Waals surface area contributed by atoms with Gasteiger partial charge in [-0.25, -0.2) is 0 Å². The molecule has 0 rings (SSSR count). The summed E-state index contributed by atoms with van der Waals surface area (Å²) in [6.07, 6.45) is 1.88. The van der Waals surface area contributed by atoms with E-state index in [-0.39, 0.29) is 6.42 Å². The lowest BCUT2D eigenvalue weighted by molar-refractivity contribution is -0.137. The number of hydrogen-bond acceptors (Lipinski definition) is 4. The maximum atomic E-state index is 10.2. The molecular weight excluding hydrogens is 198 g/mol. The lowest BCUT2D eigenvalue weighted by atomic mass is 10.2. The fourth-order valence-electron chi connectivity index (χ4n) is 1.04. The number of carbonyl (C=O) groups is 1. The summed E-state index contributed by atoms with van der Waals surface area (Å²) in [6, 6.07) is 0. The molecular formula is C10H21NO4. The Kier molecular flexibility index (Phi) is 10.9. The van der Waals surface area contributed by atoms with Gasteiger partial charge < -0.3 is 19.9 Å². The highest BCUT2D eigenvalue weighted by molar-refractivity contribution is 5.66. The van der Waals surface area contributed by atoms with Crippen LogP contribution in [0.15, 0.2) is 0 Å². The van der Waals surface area contributed by atoms with Gasteiger partial charge in [-0.2, -0.15) is 0 Å². The third-order valence-electron chi connectivity index (χ3n) is 1.85. The van der Waals surface area contributed by atoms with Crippen molar-refractivity contribution < 1.29 is 19.4 Å². The summed E-state index contributed by atoms with van der Waals surface area (Å²) in [5, 5.41) is 11.6. The lowest BCUT2D eigenvalue weighted by Crippen LogP contribution is -2.21. The van der Waals surface area contributed by atoms with Gasteiger partial charge in [0.25, 0.3) is 0 Å². The molecule has 0 aliphatic carbocycles. The van der Waals surface area contributed by atoms with E-state index in [4.69, 9.17) is 14.6 Å². The molecule has 90 valence electrons. The van der Waals surface area contributed by atoms with Crippen molar-refractivity contribution in [2.75, 3.05) is 40.0 Å². The molecule has 0 saturated carbocycles. The van der Waals surface area contributed by atoms with Crippen LogP contribution >= 0.6 is 0 Å². The molecule has 2 N–H and O–H groups in total. The van der Waals surface area contributed by atoms with Gasteiger partial charge in [0, 0.05) is 20.1 Å². The van der Waals surface area contributed by atoms with E-state index in [9.17, 15) is 4.79 Å². The molecule has 5 nitrogen and oxygen atoms in total. The summed E-state index contributed by atoms with van der Waals surface area (Å²) >= 11 is 0. The van der Waals surface area contributed by atoms with Crippen LogP contribution < -0.4 is 5.32 Å². The number of rotatable bonds is 11. The number of ether oxygens (including phenoxy) is 2. The maximum absolute atomic E-state index is 10.2. The normalized spacial score (nSPS) is 10.5. The standard InChI is InChI=1S/C10H21NO4/c1-14-8-9-15-7-6-11-5-3-2-4-10(12)13/h11H,2-9H2,1H3,(H,12,13). The van der Waals surface area contributed by atoms with Crippen LogP contribution in [0.25, 0.3) is 0 Å². The zero-order valence-electron chi connectivity index (χ0n) is 9.33. The Morgan fingerprint density at radius 2 is 2.00 bits per heavy atom. The van der Waals surface area contributed by atoms with Crippen LogP contribution in [-0.2, 0) is 14.3 Å². The SMILES string of the molecule is COCCOCCNCCCCC(=O)O. The first-order chi connectivity index (χ1) is 7.27. The molecule has 0 radical (unpaired) electrons. The van der Waals surface area contributed by atoms with Gasteiger partial charge in [-0.3, -0.25) is 4.79 Å². The van der Waals surface area contributed by atoms with E-state index in [1.165, 1.54) is 0 Å². The van der Waals surface area contributed by atoms with E-state index in [0.717, 1.165) is 25.9 Å². The summed E-state index contributed by atoms with van der Waals surface area (Å²) in [6.45, 7) is 3.57. The third-order valence-corrected chi connectivity index (χ3v) is 1.85. The Morgan fingerprint density at radius 3 is 2.67 bits per heavy atom. The summed E-state index contributed by atoms with van der Waals surface area (Å²) < 4.78 is 10.1. The Bertz CT molecular complexity index is 152. The Balaban J connectivity index is 2.89. The first kappa shape index (κ1) is 14.3. The van der Waals surface area contributed by atoms with Crippen molar-refractivity contribution in [1.82, 2.24) is 5.32 Å². The number of carboxylic acids is 1. The van der Waals surface area contributed by atoms with Crippen LogP contribution in [0, 0.1) is 0 Å². The predicted octanol–water partition coefficient (Wildman–Crippen LogP) is 0.494. The molecule has 0 aromatic carbocycles. The molecule has 0 bridgehead atoms. The molecule has 15 heavy (non-hydrogen) atoms. The van der Waals surface area contributed by atoms with Gasteiger partial charge in [-0.15, -0.1) is 0 Å². The van der Waals surface area contributed by atoms with Crippen molar-refractivity contribution in [3.8, 4) is 0 Å². The first-order valence-corrected chi connectivity index (χ1v) is 5.26. The predicted molar refractivity (Wildman–Crippen MR) is 57.1 cm³/mol. The Hall–Kier alpha value is -0.650. The average molecular weight is 219 g/mol. The molecule has 0 atom stereocenters. The quantitative estimate of drug-likeness (QED) is 0.495. The third kappa shape index (κ3) is 13.3. The van der Waals surface area contributed by atoms with Crippen molar-refractivity contribution in [3.63, 3.8) is 0 Å². The van der Waals surface area contributed by atoms with Crippen molar-refractivity contribution in [1.29, 1.82) is 0 Å². The van der Waals surface area contributed by atoms with Gasteiger partial charge >= 0.3 is 5.97 Å². The van der Waals surface area contributed by atoms with E-state index in [1.54, 1.807) is 7.11 Å². The van der Waals surface area contributed by atoms with Crippen LogP contribution in [0.3, 0.4) is 0 Å². The number of methoxy groups -OCH3 is 1. The minimum absolute atomic E-state index is 0.256. The minimum Gasteiger partial charge on any atom is -0.481 e. The summed E-state index contributed by atoms with van der Waals surface area (Å²) in [5.41, 5.74) is 0. The summed E-state index contributed by atoms with van der Waals surface area (Å²) in [4.78, 5) is 10.2. The zero-order chi connectivity index (χ0) is 11.4. The number of unbranched alkanes of at least 4 members (excludes halogenated alkanes) is 1. The number of hydrogen-bond donors (Lipinski definition) is 2. The van der Waals surface area contributed by atoms with Crippen LogP contribution in [0.5, 0.6) is 0 Å². The molecule has 0 spiro atoms. The van der Waals surface area contributed by atoms with E-state index >= 15 is 0 Å². The number of nitrogens with one attached hydrogen (secondary N) is 1. The maximum Gasteiger partial charge on any atom is 0.303 e. The van der Waals surface area contributed by atoms with E-state index in [2.05, 4.69) is 5.32 Å². The second kappa shape index (κ2) is 11.4. The Morgan fingerprint density at radius 1 is 1.20 bits per heavy atom. The van der Waals surface area contributed by atoms with Crippen molar-refractivity contribution >= 4 is 5.97 Å². The van der Waals surface area contributed by atoms with Gasteiger partial charge in [0.15, 0.2) is 0 Å². The highest BCUT2D eigenvalue weighted by atomic mass is 16.5. The van der Waals surface area contributed by atoms with Crippen molar-refractivity contribution in [3.05, 3.63) is 0 Å². The van der Waals surface area contributed by atoms with Crippen LogP contribution in [0.2, 0.25) is 0 Å².